The Morgan fingerprint density at radius 3 is 0.531 bits per heavy atom. The number of hydrogen-bond acceptors (Lipinski definition) is 9. The van der Waals surface area contributed by atoms with Gasteiger partial charge in [0, 0.05) is 77.8 Å². The molecular weight excluding hydrogens is 1000 g/mol. The molecule has 0 radical (unpaired) electrons. The van der Waals surface area contributed by atoms with Crippen LogP contribution in [0.15, 0.2) is 231 Å². The summed E-state index contributed by atoms with van der Waals surface area (Å²) in [4.78, 5) is 9.49. The molecule has 0 aliphatic rings. The van der Waals surface area contributed by atoms with E-state index < -0.39 is 0 Å². The van der Waals surface area contributed by atoms with Gasteiger partial charge in [-0.3, -0.25) is 0 Å². The van der Waals surface area contributed by atoms with Gasteiger partial charge in [0.15, 0.2) is 0 Å². The van der Waals surface area contributed by atoms with Gasteiger partial charge in [-0.25, -0.2) is 0 Å². The first-order valence-electron chi connectivity index (χ1n) is 27.0. The van der Waals surface area contributed by atoms with Gasteiger partial charge in [0.1, 0.15) is 28.7 Å². The van der Waals surface area contributed by atoms with E-state index in [9.17, 15) is 0 Å². The maximum absolute atomic E-state index is 5.77. The van der Waals surface area contributed by atoms with Crippen LogP contribution in [-0.2, 0) is 0 Å². The molecule has 0 aromatic heterocycles. The number of hydrogen-bond donors (Lipinski definition) is 0. The highest BCUT2D eigenvalue weighted by Gasteiger charge is 2.29. The molecule has 9 nitrogen and oxygen atoms in total. The van der Waals surface area contributed by atoms with Crippen molar-refractivity contribution >= 4 is 101 Å². The zero-order valence-corrected chi connectivity index (χ0v) is 46.8. The Labute approximate surface area is 473 Å². The van der Waals surface area contributed by atoms with E-state index in [1.807, 2.05) is 60.7 Å². The first-order valence-corrected chi connectivity index (χ1v) is 27.0. The van der Waals surface area contributed by atoms with Crippen LogP contribution in [0.4, 0.5) is 68.2 Å². The summed E-state index contributed by atoms with van der Waals surface area (Å²) >= 11 is 0. The Hall–Kier alpha value is -10.1. The lowest BCUT2D eigenvalue weighted by Gasteiger charge is -2.34. The van der Waals surface area contributed by atoms with E-state index in [2.05, 4.69) is 210 Å². The highest BCUT2D eigenvalue weighted by Crippen LogP contribution is 2.55. The zero-order chi connectivity index (χ0) is 55.7. The fourth-order valence-electron chi connectivity index (χ4n) is 11.1. The summed E-state index contributed by atoms with van der Waals surface area (Å²) in [6.07, 6.45) is 0. The Kier molecular flexibility index (Phi) is 14.0. The van der Waals surface area contributed by atoms with E-state index in [0.717, 1.165) is 129 Å². The third kappa shape index (κ3) is 9.73. The molecule has 0 heterocycles. The second-order valence-electron chi connectivity index (χ2n) is 20.2. The molecule has 12 aromatic rings. The summed E-state index contributed by atoms with van der Waals surface area (Å²) < 4.78 is 28.8. The molecule has 0 spiro atoms. The van der Waals surface area contributed by atoms with E-state index in [4.69, 9.17) is 23.7 Å². The van der Waals surface area contributed by atoms with E-state index >= 15 is 0 Å². The van der Waals surface area contributed by atoms with E-state index in [1.54, 1.807) is 35.5 Å². The molecule has 0 aliphatic heterocycles. The van der Waals surface area contributed by atoms with Gasteiger partial charge in [-0.05, 0) is 191 Å². The number of benzene rings is 12. The van der Waals surface area contributed by atoms with Crippen LogP contribution in [0, 0.1) is 20.8 Å². The Morgan fingerprint density at radius 1 is 0.210 bits per heavy atom. The highest BCUT2D eigenvalue weighted by molar-refractivity contribution is 6.33. The predicted molar refractivity (Wildman–Crippen MR) is 336 cm³/mol. The van der Waals surface area contributed by atoms with Crippen molar-refractivity contribution in [2.75, 3.05) is 55.1 Å². The molecular formula is C72H62N4O5. The number of methoxy groups -OCH3 is 5. The van der Waals surface area contributed by atoms with Crippen LogP contribution in [0.5, 0.6) is 28.7 Å². The summed E-state index contributed by atoms with van der Waals surface area (Å²) in [6, 6.07) is 82.0. The fourth-order valence-corrected chi connectivity index (χ4v) is 11.1. The Bertz CT molecular complexity index is 3970. The largest absolute Gasteiger partial charge is 0.497 e. The molecule has 0 atom stereocenters. The number of aryl methyl sites for hydroxylation is 3. The van der Waals surface area contributed by atoms with Crippen molar-refractivity contribution < 1.29 is 23.7 Å². The number of anilines is 12. The molecule has 0 fully saturated rings. The average Bonchev–Trinajstić information content (AvgIpc) is 2.66. The van der Waals surface area contributed by atoms with Gasteiger partial charge in [-0.15, -0.1) is 0 Å². The van der Waals surface area contributed by atoms with Crippen LogP contribution in [0.2, 0.25) is 0 Å². The molecule has 0 aliphatic carbocycles. The van der Waals surface area contributed by atoms with Crippen LogP contribution in [0.3, 0.4) is 0 Å². The molecule has 81 heavy (non-hydrogen) atoms. The zero-order valence-electron chi connectivity index (χ0n) is 46.8. The van der Waals surface area contributed by atoms with Crippen molar-refractivity contribution in [3.8, 4) is 28.7 Å². The van der Waals surface area contributed by atoms with E-state index in [0.29, 0.717) is 0 Å². The minimum absolute atomic E-state index is 0.764. The Balaban J connectivity index is 1.28. The standard InChI is InChI=1S/C72H62N4O5/c1-47-9-15-50(16-10-47)73(53-21-31-58(77-4)32-22-53)67-45-68(74(51-17-11-48(2)12-18-51)54-23-33-59(78-5)34-24-54)64-43-44-66-70(76(56-27-37-61(80-7)38-28-56)57-29-39-62(81-8)40-30-57)46-69(65-42-41-63(67)71(64)72(65)66)75(52-19-13-49(3)14-20-52)55-25-35-60(79-6)36-26-55/h9-46H,1-8H3. The second kappa shape index (κ2) is 22.0. The van der Waals surface area contributed by atoms with Gasteiger partial charge >= 0.3 is 0 Å². The summed E-state index contributed by atoms with van der Waals surface area (Å²) in [7, 11) is 8.53. The maximum Gasteiger partial charge on any atom is 0.119 e. The first-order chi connectivity index (χ1) is 39.6. The molecule has 0 saturated heterocycles. The summed E-state index contributed by atoms with van der Waals surface area (Å²) in [5.41, 5.74) is 15.3. The topological polar surface area (TPSA) is 59.1 Å². The van der Waals surface area contributed by atoms with Crippen LogP contribution in [0.25, 0.3) is 32.3 Å². The van der Waals surface area contributed by atoms with Crippen molar-refractivity contribution in [1.29, 1.82) is 0 Å². The van der Waals surface area contributed by atoms with Crippen LogP contribution >= 0.6 is 0 Å². The third-order valence-electron chi connectivity index (χ3n) is 15.3. The molecule has 0 amide bonds. The highest BCUT2D eigenvalue weighted by atomic mass is 16.5. The quantitative estimate of drug-likeness (QED) is 0.0830. The van der Waals surface area contributed by atoms with Gasteiger partial charge in [-0.1, -0.05) is 77.4 Å². The fraction of sp³-hybridized carbons (Fsp3) is 0.111. The average molecular weight is 1060 g/mol. The lowest BCUT2D eigenvalue weighted by molar-refractivity contribution is 0.414. The lowest BCUT2D eigenvalue weighted by Crippen LogP contribution is -2.16. The molecule has 0 bridgehead atoms. The molecule has 0 N–H and O–H groups in total. The van der Waals surface area contributed by atoms with Gasteiger partial charge < -0.3 is 43.3 Å². The monoisotopic (exact) mass is 1060 g/mol. The summed E-state index contributed by atoms with van der Waals surface area (Å²) in [5, 5.41) is 6.44. The molecule has 12 rings (SSSR count). The van der Waals surface area contributed by atoms with Crippen LogP contribution in [0.1, 0.15) is 16.7 Å². The lowest BCUT2D eigenvalue weighted by atomic mass is 9.89. The third-order valence-corrected chi connectivity index (χ3v) is 15.3. The molecule has 9 heteroatoms. The molecule has 0 saturated carbocycles. The summed E-state index contributed by atoms with van der Waals surface area (Å²) in [5.74, 6) is 3.85. The van der Waals surface area contributed by atoms with Crippen molar-refractivity contribution in [2.24, 2.45) is 0 Å². The van der Waals surface area contributed by atoms with Crippen LogP contribution in [-0.4, -0.2) is 35.5 Å². The maximum atomic E-state index is 5.77. The first kappa shape index (κ1) is 51.6. The van der Waals surface area contributed by atoms with E-state index in [1.165, 1.54) is 16.7 Å². The number of ether oxygens (including phenoxy) is 5. The normalized spacial score (nSPS) is 11.2. The van der Waals surface area contributed by atoms with Crippen molar-refractivity contribution in [2.45, 2.75) is 20.8 Å². The van der Waals surface area contributed by atoms with Gasteiger partial charge in [0.05, 0.1) is 58.3 Å². The van der Waals surface area contributed by atoms with Gasteiger partial charge in [0.25, 0.3) is 0 Å². The summed E-state index contributed by atoms with van der Waals surface area (Å²) in [6.45, 7) is 6.39. The van der Waals surface area contributed by atoms with Gasteiger partial charge in [0.2, 0.25) is 0 Å². The smallest absolute Gasteiger partial charge is 0.119 e. The SMILES string of the molecule is COc1ccc(N(c2ccc(C)cc2)c2cc(N(c3ccc(C)cc3)c3ccc(OC)cc3)c3ccc4c(N(c5ccc(OC)cc5)c5ccc(OC)cc5)cc(N(c5ccc(C)cc5)c5ccc(OC)cc5)c5ccc2c3c54)cc1. The Morgan fingerprint density at radius 2 is 0.370 bits per heavy atom. The number of rotatable bonds is 17. The van der Waals surface area contributed by atoms with Crippen molar-refractivity contribution in [3.05, 3.63) is 247 Å². The second-order valence-corrected chi connectivity index (χ2v) is 20.2. The molecule has 400 valence electrons. The molecule has 12 aromatic carbocycles. The van der Waals surface area contributed by atoms with Crippen molar-refractivity contribution in [1.82, 2.24) is 0 Å². The molecule has 0 unspecified atom stereocenters. The van der Waals surface area contributed by atoms with E-state index in [-0.39, 0.29) is 0 Å². The minimum Gasteiger partial charge on any atom is -0.497 e. The van der Waals surface area contributed by atoms with Crippen LogP contribution < -0.4 is 43.3 Å². The van der Waals surface area contributed by atoms with Gasteiger partial charge in [-0.2, -0.15) is 0 Å². The number of nitrogens with zero attached hydrogens (tertiary/aromatic N) is 4. The minimum atomic E-state index is 0.764. The predicted octanol–water partition coefficient (Wildman–Crippen LogP) is 19.4. The van der Waals surface area contributed by atoms with Crippen molar-refractivity contribution in [3.63, 3.8) is 0 Å².